The van der Waals surface area contributed by atoms with E-state index in [1.807, 2.05) is 12.1 Å². The molecule has 1 aromatic rings. The summed E-state index contributed by atoms with van der Waals surface area (Å²) < 4.78 is 0. The summed E-state index contributed by atoms with van der Waals surface area (Å²) in [5, 5.41) is 9.66. The van der Waals surface area contributed by atoms with Gasteiger partial charge in [0, 0.05) is 28.6 Å². The van der Waals surface area contributed by atoms with Crippen molar-refractivity contribution in [3.8, 4) is 0 Å². The van der Waals surface area contributed by atoms with Gasteiger partial charge in [-0.2, -0.15) is 0 Å². The van der Waals surface area contributed by atoms with Crippen molar-refractivity contribution in [2.75, 3.05) is 18.0 Å². The number of nitrogens with one attached hydrogen (secondary N) is 1. The van der Waals surface area contributed by atoms with Crippen LogP contribution in [0.1, 0.15) is 24.8 Å². The average molecular weight is 312 g/mol. The van der Waals surface area contributed by atoms with Gasteiger partial charge in [0.25, 0.3) is 0 Å². The summed E-state index contributed by atoms with van der Waals surface area (Å²) in [4.78, 5) is 3.90. The molecule has 0 radical (unpaired) electrons. The molecule has 0 aromatic heterocycles. The van der Waals surface area contributed by atoms with Crippen molar-refractivity contribution in [2.24, 2.45) is 21.8 Å². The van der Waals surface area contributed by atoms with Crippen LogP contribution < -0.4 is 27.2 Å². The molecule has 0 unspecified atom stereocenters. The molecular weight excluding hydrogens is 292 g/mol. The predicted molar refractivity (Wildman–Crippen MR) is 87.8 cm³/mol. The molecule has 2 rings (SSSR count). The Balaban J connectivity index is 2.52. The summed E-state index contributed by atoms with van der Waals surface area (Å²) in [5.41, 5.74) is 10.1. The maximum Gasteiger partial charge on any atom is 0.155 e. The van der Waals surface area contributed by atoms with Crippen molar-refractivity contribution >= 4 is 36.1 Å². The Hall–Kier alpha value is -1.09. The van der Waals surface area contributed by atoms with Crippen molar-refractivity contribution < 1.29 is 0 Å². The number of rotatable bonds is 4. The molecular formula is C12H20N6S2. The van der Waals surface area contributed by atoms with Crippen LogP contribution in [0.25, 0.3) is 0 Å². The standard InChI is InChI=1S/C12H20N6S2/c13-12(16-17-14)10-8(18-6-2-1-3-7-18)4-5-9(19)11(10)20-15/h4-5,17,19H,1-3,6-7,14-15H2,(H2,13,16). The van der Waals surface area contributed by atoms with Gasteiger partial charge >= 0.3 is 0 Å². The number of nitrogens with zero attached hydrogens (tertiary/aromatic N) is 2. The fourth-order valence-corrected chi connectivity index (χ4v) is 3.31. The van der Waals surface area contributed by atoms with Crippen molar-refractivity contribution in [3.05, 3.63) is 17.7 Å². The largest absolute Gasteiger partial charge is 0.382 e. The van der Waals surface area contributed by atoms with Crippen LogP contribution in [0, 0.1) is 0 Å². The van der Waals surface area contributed by atoms with E-state index in [1.165, 1.54) is 19.3 Å². The average Bonchev–Trinajstić information content (AvgIpc) is 2.48. The Bertz CT molecular complexity index is 499. The first-order valence-corrected chi connectivity index (χ1v) is 7.78. The number of hydrogen-bond donors (Lipinski definition) is 5. The van der Waals surface area contributed by atoms with Crippen LogP contribution in [-0.2, 0) is 0 Å². The number of amidine groups is 1. The monoisotopic (exact) mass is 312 g/mol. The number of thiol groups is 1. The third-order valence-electron chi connectivity index (χ3n) is 3.37. The van der Waals surface area contributed by atoms with Crippen LogP contribution >= 0.6 is 24.6 Å². The number of nitrogens with two attached hydrogens (primary N) is 3. The lowest BCUT2D eigenvalue weighted by molar-refractivity contribution is 0.577. The fraction of sp³-hybridized carbons (Fsp3) is 0.417. The van der Waals surface area contributed by atoms with Crippen LogP contribution in [-0.4, -0.2) is 18.9 Å². The smallest absolute Gasteiger partial charge is 0.155 e. The minimum absolute atomic E-state index is 0.317. The minimum Gasteiger partial charge on any atom is -0.382 e. The topological polar surface area (TPSA) is 106 Å². The molecule has 0 saturated carbocycles. The first-order chi connectivity index (χ1) is 9.69. The number of benzene rings is 1. The zero-order valence-electron chi connectivity index (χ0n) is 11.2. The van der Waals surface area contributed by atoms with E-state index in [9.17, 15) is 0 Å². The maximum absolute atomic E-state index is 6.04. The highest BCUT2D eigenvalue weighted by Crippen LogP contribution is 2.34. The quantitative estimate of drug-likeness (QED) is 0.142. The molecule has 1 aliphatic rings. The highest BCUT2D eigenvalue weighted by atomic mass is 32.2. The van der Waals surface area contributed by atoms with Gasteiger partial charge in [0.15, 0.2) is 5.84 Å². The maximum atomic E-state index is 6.04. The lowest BCUT2D eigenvalue weighted by Gasteiger charge is -2.31. The van der Waals surface area contributed by atoms with E-state index in [-0.39, 0.29) is 0 Å². The van der Waals surface area contributed by atoms with Gasteiger partial charge in [0.2, 0.25) is 0 Å². The second kappa shape index (κ2) is 7.07. The molecule has 8 heteroatoms. The molecule has 6 nitrogen and oxygen atoms in total. The highest BCUT2D eigenvalue weighted by Gasteiger charge is 2.21. The van der Waals surface area contributed by atoms with Crippen LogP contribution in [0.15, 0.2) is 27.0 Å². The molecule has 1 fully saturated rings. The summed E-state index contributed by atoms with van der Waals surface area (Å²) in [6, 6.07) is 3.95. The van der Waals surface area contributed by atoms with Crippen LogP contribution in [0.2, 0.25) is 0 Å². The zero-order valence-corrected chi connectivity index (χ0v) is 12.9. The molecule has 1 heterocycles. The Labute approximate surface area is 128 Å². The molecule has 0 spiro atoms. The third-order valence-corrected chi connectivity index (χ3v) is 4.55. The van der Waals surface area contributed by atoms with Gasteiger partial charge in [-0.3, -0.25) is 5.14 Å². The Kier molecular flexibility index (Phi) is 5.41. The van der Waals surface area contributed by atoms with Crippen molar-refractivity contribution in [1.82, 2.24) is 5.53 Å². The number of anilines is 1. The van der Waals surface area contributed by atoms with E-state index in [2.05, 4.69) is 28.2 Å². The normalized spacial score (nSPS) is 16.4. The first-order valence-electron chi connectivity index (χ1n) is 6.45. The first kappa shape index (κ1) is 15.3. The summed E-state index contributed by atoms with van der Waals surface area (Å²) in [7, 11) is 0. The SMILES string of the molecule is NN/N=C(\N)c1c(N2CCCCC2)ccc(S)c1SN. The van der Waals surface area contributed by atoms with Gasteiger partial charge < -0.3 is 10.6 Å². The van der Waals surface area contributed by atoms with E-state index >= 15 is 0 Å². The molecule has 0 aliphatic carbocycles. The van der Waals surface area contributed by atoms with Gasteiger partial charge in [0.1, 0.15) is 0 Å². The molecule has 20 heavy (non-hydrogen) atoms. The molecule has 7 N–H and O–H groups in total. The molecule has 1 aromatic carbocycles. The lowest BCUT2D eigenvalue weighted by Crippen LogP contribution is -2.33. The second-order valence-electron chi connectivity index (χ2n) is 4.60. The molecule has 110 valence electrons. The highest BCUT2D eigenvalue weighted by molar-refractivity contribution is 7.97. The van der Waals surface area contributed by atoms with Crippen molar-refractivity contribution in [2.45, 2.75) is 29.1 Å². The Morgan fingerprint density at radius 3 is 2.60 bits per heavy atom. The summed E-state index contributed by atoms with van der Waals surface area (Å²) in [5.74, 6) is 5.55. The summed E-state index contributed by atoms with van der Waals surface area (Å²) in [6.45, 7) is 2.02. The number of hydrazine groups is 1. The van der Waals surface area contributed by atoms with E-state index < -0.39 is 0 Å². The van der Waals surface area contributed by atoms with Crippen molar-refractivity contribution in [3.63, 3.8) is 0 Å². The van der Waals surface area contributed by atoms with Gasteiger partial charge in [-0.05, 0) is 43.3 Å². The van der Waals surface area contributed by atoms with E-state index in [0.29, 0.717) is 5.84 Å². The van der Waals surface area contributed by atoms with Crippen LogP contribution in [0.5, 0.6) is 0 Å². The van der Waals surface area contributed by atoms with Gasteiger partial charge in [-0.25, -0.2) is 11.4 Å². The molecule has 1 saturated heterocycles. The number of hydrogen-bond acceptors (Lipinski definition) is 7. The molecule has 1 aliphatic heterocycles. The van der Waals surface area contributed by atoms with E-state index in [4.69, 9.17) is 16.7 Å². The van der Waals surface area contributed by atoms with E-state index in [0.717, 1.165) is 46.1 Å². The van der Waals surface area contributed by atoms with Gasteiger partial charge in [-0.1, -0.05) is 0 Å². The second-order valence-corrected chi connectivity index (χ2v) is 5.73. The fourth-order valence-electron chi connectivity index (χ4n) is 2.45. The molecule has 0 bridgehead atoms. The van der Waals surface area contributed by atoms with E-state index in [1.54, 1.807) is 0 Å². The minimum atomic E-state index is 0.317. The summed E-state index contributed by atoms with van der Waals surface area (Å²) in [6.07, 6.45) is 3.63. The predicted octanol–water partition coefficient (Wildman–Crippen LogP) is 1.01. The third kappa shape index (κ3) is 3.14. The zero-order chi connectivity index (χ0) is 14.5. The Morgan fingerprint density at radius 1 is 1.30 bits per heavy atom. The van der Waals surface area contributed by atoms with Crippen LogP contribution in [0.4, 0.5) is 5.69 Å². The van der Waals surface area contributed by atoms with Gasteiger partial charge in [0.05, 0.1) is 5.56 Å². The molecule has 0 amide bonds. The lowest BCUT2D eigenvalue weighted by atomic mass is 10.1. The summed E-state index contributed by atoms with van der Waals surface area (Å²) >= 11 is 5.56. The number of piperidine rings is 1. The molecule has 0 atom stereocenters. The number of hydrazone groups is 1. The van der Waals surface area contributed by atoms with Crippen LogP contribution in [0.3, 0.4) is 0 Å². The Morgan fingerprint density at radius 2 is 2.00 bits per heavy atom. The van der Waals surface area contributed by atoms with Gasteiger partial charge in [-0.15, -0.1) is 17.7 Å². The van der Waals surface area contributed by atoms with Crippen molar-refractivity contribution in [1.29, 1.82) is 0 Å².